The van der Waals surface area contributed by atoms with Gasteiger partial charge >= 0.3 is 6.36 Å². The van der Waals surface area contributed by atoms with E-state index < -0.39 is 6.36 Å². The van der Waals surface area contributed by atoms with Crippen molar-refractivity contribution in [3.63, 3.8) is 0 Å². The predicted molar refractivity (Wildman–Crippen MR) is 98.3 cm³/mol. The van der Waals surface area contributed by atoms with Crippen molar-refractivity contribution in [3.8, 4) is 5.75 Å². The quantitative estimate of drug-likeness (QED) is 0.687. The van der Waals surface area contributed by atoms with Crippen LogP contribution in [0.25, 0.3) is 0 Å². The van der Waals surface area contributed by atoms with Gasteiger partial charge in [0.1, 0.15) is 5.75 Å². The van der Waals surface area contributed by atoms with Gasteiger partial charge in [0.25, 0.3) is 5.91 Å². The molecule has 0 radical (unpaired) electrons. The van der Waals surface area contributed by atoms with E-state index in [1.807, 2.05) is 0 Å². The third kappa shape index (κ3) is 5.87. The second-order valence-electron chi connectivity index (χ2n) is 6.53. The van der Waals surface area contributed by atoms with Crippen molar-refractivity contribution in [3.05, 3.63) is 64.7 Å². The first-order valence-corrected chi connectivity index (χ1v) is 9.19. The van der Waals surface area contributed by atoms with Crippen molar-refractivity contribution in [2.24, 2.45) is 0 Å². The molecule has 1 atom stereocenters. The van der Waals surface area contributed by atoms with Crippen LogP contribution in [-0.4, -0.2) is 36.4 Å². The molecular formula is C20H19ClF3NO3. The van der Waals surface area contributed by atoms with Crippen LogP contribution in [0.1, 0.15) is 28.8 Å². The van der Waals surface area contributed by atoms with E-state index in [1.54, 1.807) is 35.2 Å². The molecule has 1 fully saturated rings. The molecule has 1 amide bonds. The van der Waals surface area contributed by atoms with Crippen molar-refractivity contribution in [2.75, 3.05) is 13.1 Å². The number of hydrogen-bond donors (Lipinski definition) is 0. The molecule has 1 heterocycles. The highest BCUT2D eigenvalue weighted by atomic mass is 35.5. The van der Waals surface area contributed by atoms with E-state index in [-0.39, 0.29) is 24.4 Å². The van der Waals surface area contributed by atoms with Gasteiger partial charge in [0.05, 0.1) is 12.7 Å². The Kier molecular flexibility index (Phi) is 6.46. The highest BCUT2D eigenvalue weighted by Crippen LogP contribution is 2.24. The number of halogens is 4. The first kappa shape index (κ1) is 20.5. The third-order valence-corrected chi connectivity index (χ3v) is 4.63. The van der Waals surface area contributed by atoms with Gasteiger partial charge in [0.2, 0.25) is 0 Å². The number of amides is 1. The number of benzene rings is 2. The standard InChI is InChI=1S/C20H19ClF3NO3/c21-16-8-6-15(7-9-16)19(26)25-10-2-5-18(12-25)27-13-14-3-1-4-17(11-14)28-20(22,23)24/h1,3-4,6-9,11,18H,2,5,10,12-13H2/t18-/m0/s1. The number of rotatable bonds is 5. The second kappa shape index (κ2) is 8.84. The normalized spacial score (nSPS) is 17.4. The van der Waals surface area contributed by atoms with Gasteiger partial charge in [0.15, 0.2) is 0 Å². The van der Waals surface area contributed by atoms with Crippen molar-refractivity contribution in [1.29, 1.82) is 0 Å². The average molecular weight is 414 g/mol. The number of piperidine rings is 1. The maximum atomic E-state index is 12.6. The summed E-state index contributed by atoms with van der Waals surface area (Å²) in [6.45, 7) is 1.21. The summed E-state index contributed by atoms with van der Waals surface area (Å²) in [5, 5.41) is 0.563. The predicted octanol–water partition coefficient (Wildman–Crippen LogP) is 5.06. The Morgan fingerprint density at radius 2 is 1.93 bits per heavy atom. The minimum atomic E-state index is -4.73. The molecule has 0 saturated carbocycles. The molecule has 1 aliphatic rings. The number of carbonyl (C=O) groups excluding carboxylic acids is 1. The van der Waals surface area contributed by atoms with Crippen LogP contribution in [0, 0.1) is 0 Å². The first-order chi connectivity index (χ1) is 13.3. The zero-order valence-corrected chi connectivity index (χ0v) is 15.7. The maximum absolute atomic E-state index is 12.6. The summed E-state index contributed by atoms with van der Waals surface area (Å²) in [4.78, 5) is 14.3. The largest absolute Gasteiger partial charge is 0.573 e. The third-order valence-electron chi connectivity index (χ3n) is 4.37. The van der Waals surface area contributed by atoms with E-state index in [2.05, 4.69) is 4.74 Å². The van der Waals surface area contributed by atoms with Crippen LogP contribution in [0.15, 0.2) is 48.5 Å². The Morgan fingerprint density at radius 1 is 1.18 bits per heavy atom. The topological polar surface area (TPSA) is 38.8 Å². The molecule has 0 aromatic heterocycles. The van der Waals surface area contributed by atoms with Crippen molar-refractivity contribution in [2.45, 2.75) is 31.9 Å². The molecule has 0 N–H and O–H groups in total. The lowest BCUT2D eigenvalue weighted by Gasteiger charge is -2.32. The van der Waals surface area contributed by atoms with E-state index in [0.717, 1.165) is 12.8 Å². The number of nitrogens with zero attached hydrogens (tertiary/aromatic N) is 1. The molecule has 0 spiro atoms. The Labute approximate surface area is 165 Å². The van der Waals surface area contributed by atoms with Gasteiger partial charge in [-0.15, -0.1) is 13.2 Å². The van der Waals surface area contributed by atoms with Gasteiger partial charge in [-0.05, 0) is 54.8 Å². The number of hydrogen-bond acceptors (Lipinski definition) is 3. The van der Waals surface area contributed by atoms with E-state index in [4.69, 9.17) is 16.3 Å². The van der Waals surface area contributed by atoms with Crippen LogP contribution in [0.5, 0.6) is 5.75 Å². The summed E-state index contributed by atoms with van der Waals surface area (Å²) >= 11 is 5.86. The van der Waals surface area contributed by atoms with Crippen LogP contribution in [-0.2, 0) is 11.3 Å². The number of ether oxygens (including phenoxy) is 2. The van der Waals surface area contributed by atoms with Crippen molar-refractivity contribution in [1.82, 2.24) is 4.90 Å². The fraction of sp³-hybridized carbons (Fsp3) is 0.350. The van der Waals surface area contributed by atoms with Crippen molar-refractivity contribution >= 4 is 17.5 Å². The van der Waals surface area contributed by atoms with Crippen LogP contribution in [0.3, 0.4) is 0 Å². The fourth-order valence-electron chi connectivity index (χ4n) is 3.08. The smallest absolute Gasteiger partial charge is 0.406 e. The molecule has 3 rings (SSSR count). The molecule has 2 aromatic rings. The summed E-state index contributed by atoms with van der Waals surface area (Å²) in [5.74, 6) is -0.373. The number of carbonyl (C=O) groups is 1. The zero-order chi connectivity index (χ0) is 20.1. The van der Waals surface area contributed by atoms with Gasteiger partial charge in [-0.2, -0.15) is 0 Å². The molecule has 8 heteroatoms. The second-order valence-corrected chi connectivity index (χ2v) is 6.96. The minimum absolute atomic E-state index is 0.0921. The number of alkyl halides is 3. The molecular weight excluding hydrogens is 395 g/mol. The maximum Gasteiger partial charge on any atom is 0.573 e. The summed E-state index contributed by atoms with van der Waals surface area (Å²) in [6, 6.07) is 12.4. The molecule has 0 aliphatic carbocycles. The first-order valence-electron chi connectivity index (χ1n) is 8.81. The SMILES string of the molecule is O=C(c1ccc(Cl)cc1)N1CCC[C@H](OCc2cccc(OC(F)(F)F)c2)C1. The monoisotopic (exact) mass is 413 g/mol. The Balaban J connectivity index is 1.56. The molecule has 2 aromatic carbocycles. The lowest BCUT2D eigenvalue weighted by atomic mass is 10.1. The fourth-order valence-corrected chi connectivity index (χ4v) is 3.21. The summed E-state index contributed by atoms with van der Waals surface area (Å²) in [6.07, 6.45) is -3.34. The number of likely N-dealkylation sites (tertiary alicyclic amines) is 1. The Hall–Kier alpha value is -2.25. The zero-order valence-electron chi connectivity index (χ0n) is 14.9. The minimum Gasteiger partial charge on any atom is -0.406 e. The lowest BCUT2D eigenvalue weighted by Crippen LogP contribution is -2.43. The van der Waals surface area contributed by atoms with Gasteiger partial charge < -0.3 is 14.4 Å². The molecule has 150 valence electrons. The molecule has 28 heavy (non-hydrogen) atoms. The van der Waals surface area contributed by atoms with Gasteiger partial charge in [-0.1, -0.05) is 23.7 Å². The lowest BCUT2D eigenvalue weighted by molar-refractivity contribution is -0.274. The molecule has 1 saturated heterocycles. The van der Waals surface area contributed by atoms with Gasteiger partial charge in [-0.25, -0.2) is 0 Å². The summed E-state index contributed by atoms with van der Waals surface area (Å²) in [5.41, 5.74) is 1.13. The van der Waals surface area contributed by atoms with Gasteiger partial charge in [0, 0.05) is 23.7 Å². The molecule has 4 nitrogen and oxygen atoms in total. The average Bonchev–Trinajstić information content (AvgIpc) is 2.66. The molecule has 0 bridgehead atoms. The molecule has 1 aliphatic heterocycles. The van der Waals surface area contributed by atoms with Crippen LogP contribution in [0.4, 0.5) is 13.2 Å². The van der Waals surface area contributed by atoms with E-state index in [0.29, 0.717) is 29.2 Å². The van der Waals surface area contributed by atoms with Crippen LogP contribution in [0.2, 0.25) is 5.02 Å². The summed E-state index contributed by atoms with van der Waals surface area (Å²) < 4.78 is 46.8. The van der Waals surface area contributed by atoms with E-state index >= 15 is 0 Å². The summed E-state index contributed by atoms with van der Waals surface area (Å²) in [7, 11) is 0. The van der Waals surface area contributed by atoms with Crippen LogP contribution >= 0.6 is 11.6 Å². The van der Waals surface area contributed by atoms with E-state index in [1.165, 1.54) is 18.2 Å². The highest BCUT2D eigenvalue weighted by molar-refractivity contribution is 6.30. The van der Waals surface area contributed by atoms with Crippen LogP contribution < -0.4 is 4.74 Å². The van der Waals surface area contributed by atoms with Crippen molar-refractivity contribution < 1.29 is 27.4 Å². The Bertz CT molecular complexity index is 811. The molecule has 0 unspecified atom stereocenters. The van der Waals surface area contributed by atoms with E-state index in [9.17, 15) is 18.0 Å². The van der Waals surface area contributed by atoms with Gasteiger partial charge in [-0.3, -0.25) is 4.79 Å². The Morgan fingerprint density at radius 3 is 2.64 bits per heavy atom. The highest BCUT2D eigenvalue weighted by Gasteiger charge is 2.31.